The number of nitrogens with one attached hydrogen (secondary N) is 1. The van der Waals surface area contributed by atoms with Crippen molar-refractivity contribution in [2.75, 3.05) is 4.72 Å². The molecule has 0 saturated heterocycles. The molecule has 196 valence electrons. The standard InChI is InChI=1S/C18H15N3O4S.C5H5N.C2H4O2.Pd/c1-13-5-4-7-17(18(13)16-6-2-3-12-19-16)20-26(24,25)15-10-8-14(9-11-15)21(22)23;1-2-4-6-5-3-1;1-2(3)4;/h2-12,20H,1H3;1-5H;1H3,(H,3,4);. The molecule has 0 aliphatic carbocycles. The normalized spacial score (nSPS) is 9.78. The third-order valence-electron chi connectivity index (χ3n) is 4.36. The molecule has 4 rings (SSSR count). The fourth-order valence-electron chi connectivity index (χ4n) is 2.87. The number of hydrogen-bond donors (Lipinski definition) is 2. The van der Waals surface area contributed by atoms with Crippen LogP contribution in [0.3, 0.4) is 0 Å². The third kappa shape index (κ3) is 10.3. The van der Waals surface area contributed by atoms with Crippen LogP contribution in [-0.4, -0.2) is 34.4 Å². The smallest absolute Gasteiger partial charge is 0.300 e. The number of aromatic nitrogens is 2. The zero-order valence-corrected chi connectivity index (χ0v) is 22.2. The number of carbonyl (C=O) groups is 1. The van der Waals surface area contributed by atoms with Gasteiger partial charge in [-0.2, -0.15) is 0 Å². The van der Waals surface area contributed by atoms with Crippen molar-refractivity contribution in [2.24, 2.45) is 0 Å². The second-order valence-corrected chi connectivity index (χ2v) is 8.79. The van der Waals surface area contributed by atoms with E-state index in [0.29, 0.717) is 16.9 Å². The average molecular weight is 615 g/mol. The van der Waals surface area contributed by atoms with Gasteiger partial charge in [-0.05, 0) is 55.0 Å². The van der Waals surface area contributed by atoms with Crippen LogP contribution in [-0.2, 0) is 35.2 Å². The molecule has 37 heavy (non-hydrogen) atoms. The van der Waals surface area contributed by atoms with Gasteiger partial charge in [0, 0.05) is 63.6 Å². The maximum Gasteiger partial charge on any atom is 0.300 e. The summed E-state index contributed by atoms with van der Waals surface area (Å²) < 4.78 is 27.9. The van der Waals surface area contributed by atoms with Crippen LogP contribution in [0.5, 0.6) is 0 Å². The van der Waals surface area contributed by atoms with Crippen molar-refractivity contribution in [1.29, 1.82) is 0 Å². The number of benzene rings is 2. The number of carboxylic acids is 1. The van der Waals surface area contributed by atoms with E-state index in [2.05, 4.69) is 14.7 Å². The summed E-state index contributed by atoms with van der Waals surface area (Å²) in [5.74, 6) is -0.833. The number of pyridine rings is 2. The Labute approximate surface area is 228 Å². The number of nitrogens with zero attached hydrogens (tertiary/aromatic N) is 3. The first-order chi connectivity index (χ1) is 17.1. The molecule has 2 aromatic heterocycles. The quantitative estimate of drug-likeness (QED) is 0.182. The van der Waals surface area contributed by atoms with Crippen molar-refractivity contribution >= 4 is 27.4 Å². The Morgan fingerprint density at radius 2 is 1.51 bits per heavy atom. The van der Waals surface area contributed by atoms with Crippen LogP contribution >= 0.6 is 0 Å². The molecule has 0 fully saturated rings. The average Bonchev–Trinajstić information content (AvgIpc) is 2.86. The van der Waals surface area contributed by atoms with Crippen molar-refractivity contribution in [1.82, 2.24) is 9.97 Å². The second-order valence-electron chi connectivity index (χ2n) is 7.11. The van der Waals surface area contributed by atoms with Gasteiger partial charge in [-0.25, -0.2) is 8.42 Å². The molecule has 0 aliphatic rings. The van der Waals surface area contributed by atoms with Gasteiger partial charge in [0.2, 0.25) is 0 Å². The van der Waals surface area contributed by atoms with Crippen LogP contribution < -0.4 is 4.72 Å². The van der Waals surface area contributed by atoms with Gasteiger partial charge >= 0.3 is 0 Å². The molecular formula is C25H24N4O6PdS. The molecule has 0 spiro atoms. The molecule has 2 heterocycles. The number of carboxylic acid groups (broad SMARTS) is 1. The zero-order chi connectivity index (χ0) is 26.6. The fourth-order valence-corrected chi connectivity index (χ4v) is 3.94. The summed E-state index contributed by atoms with van der Waals surface area (Å²) in [7, 11) is -3.90. The molecule has 0 bridgehead atoms. The van der Waals surface area contributed by atoms with Gasteiger partial charge in [0.15, 0.2) is 0 Å². The Kier molecular flexibility index (Phi) is 12.8. The number of nitro groups is 1. The van der Waals surface area contributed by atoms with Crippen molar-refractivity contribution in [3.8, 4) is 11.3 Å². The van der Waals surface area contributed by atoms with Crippen LogP contribution in [0.4, 0.5) is 11.4 Å². The fraction of sp³-hybridized carbons (Fsp3) is 0.0800. The van der Waals surface area contributed by atoms with E-state index < -0.39 is 20.9 Å². The molecule has 2 N–H and O–H groups in total. The first-order valence-corrected chi connectivity index (χ1v) is 11.9. The summed E-state index contributed by atoms with van der Waals surface area (Å²) in [5, 5.41) is 18.1. The van der Waals surface area contributed by atoms with Crippen LogP contribution in [0.1, 0.15) is 12.5 Å². The summed E-state index contributed by atoms with van der Waals surface area (Å²) >= 11 is 0. The number of sulfonamides is 1. The maximum absolute atomic E-state index is 12.7. The van der Waals surface area contributed by atoms with E-state index in [1.807, 2.05) is 37.3 Å². The van der Waals surface area contributed by atoms with E-state index in [1.165, 1.54) is 12.1 Å². The van der Waals surface area contributed by atoms with E-state index in [0.717, 1.165) is 24.6 Å². The van der Waals surface area contributed by atoms with E-state index in [9.17, 15) is 18.5 Å². The summed E-state index contributed by atoms with van der Waals surface area (Å²) in [6.45, 7) is 2.95. The molecule has 12 heteroatoms. The van der Waals surface area contributed by atoms with Gasteiger partial charge < -0.3 is 5.11 Å². The van der Waals surface area contributed by atoms with Crippen molar-refractivity contribution in [3.05, 3.63) is 113 Å². The molecule has 0 aliphatic heterocycles. The van der Waals surface area contributed by atoms with Crippen LogP contribution in [0.25, 0.3) is 11.3 Å². The second kappa shape index (κ2) is 15.2. The zero-order valence-electron chi connectivity index (χ0n) is 19.8. The van der Waals surface area contributed by atoms with E-state index in [-0.39, 0.29) is 31.0 Å². The number of hydrogen-bond acceptors (Lipinski definition) is 7. The first kappa shape index (κ1) is 31.1. The Morgan fingerprint density at radius 1 is 0.919 bits per heavy atom. The molecule has 0 radical (unpaired) electrons. The topological polar surface area (TPSA) is 152 Å². The molecular weight excluding hydrogens is 591 g/mol. The summed E-state index contributed by atoms with van der Waals surface area (Å²) in [5.41, 5.74) is 2.41. The predicted molar refractivity (Wildman–Crippen MR) is 136 cm³/mol. The number of rotatable bonds is 5. The van der Waals surface area contributed by atoms with Crippen LogP contribution in [0, 0.1) is 17.0 Å². The van der Waals surface area contributed by atoms with Gasteiger partial charge in [-0.3, -0.25) is 29.6 Å². The summed E-state index contributed by atoms with van der Waals surface area (Å²) in [6, 6.07) is 21.1. The Balaban J connectivity index is 0.000000524. The molecule has 0 atom stereocenters. The van der Waals surface area contributed by atoms with Crippen molar-refractivity contribution < 1.29 is 43.7 Å². The van der Waals surface area contributed by atoms with E-state index in [1.54, 1.807) is 42.9 Å². The van der Waals surface area contributed by atoms with Gasteiger partial charge in [0.05, 0.1) is 21.2 Å². The SMILES string of the molecule is CC(=O)O.Cc1cccc(NS(=O)(=O)c2ccc([N+](=O)[O-])cc2)c1-c1ccccn1.[Pd].c1ccncc1. The Bertz CT molecular complexity index is 1360. The number of aliphatic carboxylic acids is 1. The van der Waals surface area contributed by atoms with Gasteiger partial charge in [0.25, 0.3) is 21.7 Å². The minimum Gasteiger partial charge on any atom is -0.481 e. The van der Waals surface area contributed by atoms with Gasteiger partial charge in [-0.1, -0.05) is 24.3 Å². The first-order valence-electron chi connectivity index (χ1n) is 10.4. The number of aryl methyl sites for hydroxylation is 1. The summed E-state index contributed by atoms with van der Waals surface area (Å²) in [6.07, 6.45) is 5.14. The minimum atomic E-state index is -3.90. The monoisotopic (exact) mass is 614 g/mol. The number of non-ortho nitro benzene ring substituents is 1. The van der Waals surface area contributed by atoms with Gasteiger partial charge in [-0.15, -0.1) is 0 Å². The van der Waals surface area contributed by atoms with E-state index >= 15 is 0 Å². The van der Waals surface area contributed by atoms with E-state index in [4.69, 9.17) is 9.90 Å². The Hall–Kier alpha value is -3.98. The van der Waals surface area contributed by atoms with Crippen molar-refractivity contribution in [2.45, 2.75) is 18.7 Å². The maximum atomic E-state index is 12.7. The molecule has 0 saturated carbocycles. The Morgan fingerprint density at radius 3 is 1.97 bits per heavy atom. The molecule has 2 aromatic carbocycles. The molecule has 0 amide bonds. The number of nitro benzene ring substituents is 1. The van der Waals surface area contributed by atoms with Gasteiger partial charge in [0.1, 0.15) is 0 Å². The predicted octanol–water partition coefficient (Wildman–Crippen LogP) is 4.94. The molecule has 4 aromatic rings. The number of anilines is 1. The summed E-state index contributed by atoms with van der Waals surface area (Å²) in [4.78, 5) is 27.2. The largest absolute Gasteiger partial charge is 0.481 e. The molecule has 0 unspecified atom stereocenters. The van der Waals surface area contributed by atoms with Crippen LogP contribution in [0.15, 0.2) is 102 Å². The van der Waals surface area contributed by atoms with Crippen molar-refractivity contribution in [3.63, 3.8) is 0 Å². The third-order valence-corrected chi connectivity index (χ3v) is 5.74. The minimum absolute atomic E-state index is 0. The van der Waals surface area contributed by atoms with Crippen LogP contribution in [0.2, 0.25) is 0 Å². The molecule has 10 nitrogen and oxygen atoms in total.